The van der Waals surface area contributed by atoms with Crippen molar-refractivity contribution >= 4 is 28.2 Å². The van der Waals surface area contributed by atoms with Crippen LogP contribution in [0.15, 0.2) is 35.7 Å². The fraction of sp³-hybridized carbons (Fsp3) is 0.412. The summed E-state index contributed by atoms with van der Waals surface area (Å²) in [5.74, 6) is 0. The molecule has 0 saturated carbocycles. The average Bonchev–Trinajstić information content (AvgIpc) is 3.11. The van der Waals surface area contributed by atoms with Gasteiger partial charge in [0.05, 0.1) is 0 Å². The molecule has 0 bridgehead atoms. The van der Waals surface area contributed by atoms with E-state index in [2.05, 4.69) is 15.6 Å². The molecule has 9 heteroatoms. The third-order valence-corrected chi connectivity index (χ3v) is 5.06. The first-order valence-electron chi connectivity index (χ1n) is 8.33. The Kier molecular flexibility index (Phi) is 5.65. The van der Waals surface area contributed by atoms with E-state index in [0.717, 1.165) is 36.0 Å². The number of alkyl halides is 3. The number of para-hydroxylation sites is 1. The summed E-state index contributed by atoms with van der Waals surface area (Å²) in [6, 6.07) is 8.64. The van der Waals surface area contributed by atoms with E-state index < -0.39 is 11.9 Å². The zero-order valence-electron chi connectivity index (χ0n) is 13.9. The van der Waals surface area contributed by atoms with Crippen LogP contribution >= 0.6 is 11.3 Å². The molecular weight excluding hydrogens is 365 g/mol. The first-order chi connectivity index (χ1) is 12.4. The van der Waals surface area contributed by atoms with Crippen molar-refractivity contribution in [1.29, 1.82) is 0 Å². The van der Waals surface area contributed by atoms with Gasteiger partial charge in [0.25, 0.3) is 0 Å². The van der Waals surface area contributed by atoms with Crippen molar-refractivity contribution in [1.82, 2.24) is 10.3 Å². The molecule has 140 valence electrons. The summed E-state index contributed by atoms with van der Waals surface area (Å²) in [5.41, 5.74) is -0.183. The molecule has 1 atom stereocenters. The van der Waals surface area contributed by atoms with Gasteiger partial charge in [-0.25, -0.2) is 9.78 Å². The molecule has 2 N–H and O–H groups in total. The highest BCUT2D eigenvalue weighted by molar-refractivity contribution is 7.13. The van der Waals surface area contributed by atoms with Crippen LogP contribution < -0.4 is 15.5 Å². The summed E-state index contributed by atoms with van der Waals surface area (Å²) in [6.07, 6.45) is -1.77. The topological polar surface area (TPSA) is 57.3 Å². The fourth-order valence-corrected chi connectivity index (χ4v) is 3.83. The number of hydrogen-bond acceptors (Lipinski definition) is 4. The molecule has 5 nitrogen and oxygen atoms in total. The summed E-state index contributed by atoms with van der Waals surface area (Å²) in [5, 5.41) is 6.92. The molecule has 0 aliphatic carbocycles. The van der Waals surface area contributed by atoms with E-state index in [1.54, 1.807) is 12.1 Å². The Morgan fingerprint density at radius 1 is 1.27 bits per heavy atom. The number of hydrogen-bond donors (Lipinski definition) is 2. The van der Waals surface area contributed by atoms with Gasteiger partial charge in [-0.2, -0.15) is 13.2 Å². The van der Waals surface area contributed by atoms with Crippen LogP contribution in [0.3, 0.4) is 0 Å². The number of nitrogens with one attached hydrogen (secondary N) is 2. The zero-order chi connectivity index (χ0) is 18.6. The van der Waals surface area contributed by atoms with Crippen LogP contribution in [0, 0.1) is 0 Å². The van der Waals surface area contributed by atoms with Crippen LogP contribution in [-0.2, 0) is 6.18 Å². The summed E-state index contributed by atoms with van der Waals surface area (Å²) in [7, 11) is 0. The van der Waals surface area contributed by atoms with Crippen molar-refractivity contribution < 1.29 is 18.0 Å². The molecule has 3 rings (SSSR count). The minimum Gasteiger partial charge on any atom is -0.343 e. The maximum Gasteiger partial charge on any atom is 0.434 e. The number of amides is 2. The second-order valence-corrected chi connectivity index (χ2v) is 6.89. The standard InChI is InChI=1S/C17H19F3N4OS/c18-17(19,20)14-11-26-16(23-14)24-9-5-4-8-13(24)10-21-15(25)22-12-6-2-1-3-7-12/h1-3,6-7,11,13H,4-5,8-10H2,(H2,21,22,25). The van der Waals surface area contributed by atoms with E-state index in [9.17, 15) is 18.0 Å². The predicted octanol–water partition coefficient (Wildman–Crippen LogP) is 4.34. The normalized spacial score (nSPS) is 17.8. The molecule has 1 saturated heterocycles. The van der Waals surface area contributed by atoms with Gasteiger partial charge in [0.2, 0.25) is 0 Å². The molecule has 1 unspecified atom stereocenters. The number of benzene rings is 1. The van der Waals surface area contributed by atoms with Crippen molar-refractivity contribution in [3.05, 3.63) is 41.4 Å². The van der Waals surface area contributed by atoms with Crippen LogP contribution in [0.2, 0.25) is 0 Å². The average molecular weight is 384 g/mol. The largest absolute Gasteiger partial charge is 0.434 e. The summed E-state index contributed by atoms with van der Waals surface area (Å²) in [6.45, 7) is 0.983. The van der Waals surface area contributed by atoms with Crippen molar-refractivity contribution in [3.8, 4) is 0 Å². The lowest BCUT2D eigenvalue weighted by molar-refractivity contribution is -0.140. The Bertz CT molecular complexity index is 735. The minimum atomic E-state index is -4.44. The monoisotopic (exact) mass is 384 g/mol. The number of nitrogens with zero attached hydrogens (tertiary/aromatic N) is 2. The Morgan fingerprint density at radius 3 is 2.73 bits per heavy atom. The maximum atomic E-state index is 12.8. The van der Waals surface area contributed by atoms with E-state index in [4.69, 9.17) is 0 Å². The lowest BCUT2D eigenvalue weighted by Gasteiger charge is -2.35. The maximum absolute atomic E-state index is 12.8. The van der Waals surface area contributed by atoms with Gasteiger partial charge in [-0.05, 0) is 31.4 Å². The first kappa shape index (κ1) is 18.5. The molecule has 1 aliphatic rings. The number of aromatic nitrogens is 1. The summed E-state index contributed by atoms with van der Waals surface area (Å²) >= 11 is 0.990. The number of piperidine rings is 1. The van der Waals surface area contributed by atoms with Crippen LogP contribution in [-0.4, -0.2) is 30.1 Å². The lowest BCUT2D eigenvalue weighted by atomic mass is 10.0. The molecule has 2 aromatic rings. The predicted molar refractivity (Wildman–Crippen MR) is 95.6 cm³/mol. The van der Waals surface area contributed by atoms with Gasteiger partial charge in [0.15, 0.2) is 10.8 Å². The third-order valence-electron chi connectivity index (χ3n) is 4.19. The van der Waals surface area contributed by atoms with E-state index in [1.807, 2.05) is 23.1 Å². The smallest absolute Gasteiger partial charge is 0.343 e. The van der Waals surface area contributed by atoms with Crippen molar-refractivity contribution in [3.63, 3.8) is 0 Å². The Morgan fingerprint density at radius 2 is 2.04 bits per heavy atom. The second-order valence-electron chi connectivity index (χ2n) is 6.06. The van der Waals surface area contributed by atoms with Gasteiger partial charge in [-0.15, -0.1) is 11.3 Å². The number of urea groups is 1. The Labute approximate surface area is 153 Å². The van der Waals surface area contributed by atoms with Crippen molar-refractivity contribution in [2.24, 2.45) is 0 Å². The Hall–Kier alpha value is -2.29. The molecule has 2 heterocycles. The molecule has 1 aromatic carbocycles. The van der Waals surface area contributed by atoms with Crippen molar-refractivity contribution in [2.75, 3.05) is 23.3 Å². The fourth-order valence-electron chi connectivity index (χ4n) is 2.90. The highest BCUT2D eigenvalue weighted by Gasteiger charge is 2.35. The number of halogens is 3. The SMILES string of the molecule is O=C(NCC1CCCCN1c1nc(C(F)(F)F)cs1)Nc1ccccc1. The highest BCUT2D eigenvalue weighted by Crippen LogP contribution is 2.34. The molecular formula is C17H19F3N4OS. The van der Waals surface area contributed by atoms with Gasteiger partial charge in [-0.3, -0.25) is 0 Å². The molecule has 1 aliphatic heterocycles. The van der Waals surface area contributed by atoms with Crippen LogP contribution in [0.5, 0.6) is 0 Å². The van der Waals surface area contributed by atoms with Gasteiger partial charge in [0, 0.05) is 30.2 Å². The van der Waals surface area contributed by atoms with E-state index in [0.29, 0.717) is 23.9 Å². The highest BCUT2D eigenvalue weighted by atomic mass is 32.1. The molecule has 0 radical (unpaired) electrons. The van der Waals surface area contributed by atoms with Crippen molar-refractivity contribution in [2.45, 2.75) is 31.5 Å². The molecule has 26 heavy (non-hydrogen) atoms. The van der Waals surface area contributed by atoms with Gasteiger partial charge >= 0.3 is 12.2 Å². The summed E-state index contributed by atoms with van der Waals surface area (Å²) in [4.78, 5) is 17.6. The van der Waals surface area contributed by atoms with Gasteiger partial charge in [0.1, 0.15) is 0 Å². The zero-order valence-corrected chi connectivity index (χ0v) is 14.7. The number of rotatable bonds is 4. The first-order valence-corrected chi connectivity index (χ1v) is 9.21. The number of thiazole rings is 1. The summed E-state index contributed by atoms with van der Waals surface area (Å²) < 4.78 is 38.4. The Balaban J connectivity index is 1.60. The minimum absolute atomic E-state index is 0.0718. The van der Waals surface area contributed by atoms with Crippen LogP contribution in [0.4, 0.5) is 28.8 Å². The molecule has 1 aromatic heterocycles. The van der Waals surface area contributed by atoms with E-state index in [-0.39, 0.29) is 12.1 Å². The quantitative estimate of drug-likeness (QED) is 0.824. The lowest BCUT2D eigenvalue weighted by Crippen LogP contribution is -2.47. The molecule has 1 fully saturated rings. The number of carbonyl (C=O) groups is 1. The van der Waals surface area contributed by atoms with E-state index in [1.165, 1.54) is 0 Å². The molecule has 0 spiro atoms. The molecule has 2 amide bonds. The number of carbonyl (C=O) groups excluding carboxylic acids is 1. The van der Waals surface area contributed by atoms with Gasteiger partial charge in [-0.1, -0.05) is 18.2 Å². The van der Waals surface area contributed by atoms with Gasteiger partial charge < -0.3 is 15.5 Å². The van der Waals surface area contributed by atoms with Crippen LogP contribution in [0.1, 0.15) is 25.0 Å². The number of anilines is 2. The second kappa shape index (κ2) is 7.94. The van der Waals surface area contributed by atoms with E-state index >= 15 is 0 Å². The third kappa shape index (κ3) is 4.66. The van der Waals surface area contributed by atoms with Crippen LogP contribution in [0.25, 0.3) is 0 Å².